The minimum atomic E-state index is -0.0843. The lowest BCUT2D eigenvalue weighted by atomic mass is 10.0. The van der Waals surface area contributed by atoms with Crippen LogP contribution in [0.2, 0.25) is 0 Å². The van der Waals surface area contributed by atoms with E-state index >= 15 is 0 Å². The van der Waals surface area contributed by atoms with Crippen molar-refractivity contribution in [2.45, 2.75) is 32.7 Å². The van der Waals surface area contributed by atoms with Gasteiger partial charge in [0.05, 0.1) is 24.5 Å². The molecule has 3 rings (SSSR count). The third kappa shape index (κ3) is 4.50. The van der Waals surface area contributed by atoms with Gasteiger partial charge in [0.15, 0.2) is 0 Å². The smallest absolute Gasteiger partial charge is 0.244 e. The summed E-state index contributed by atoms with van der Waals surface area (Å²) in [5, 5.41) is 4.19. The van der Waals surface area contributed by atoms with E-state index in [1.165, 1.54) is 0 Å². The Morgan fingerprint density at radius 3 is 2.48 bits per heavy atom. The number of anilines is 1. The Hall–Kier alpha value is -1.93. The normalized spacial score (nSPS) is 21.9. The molecular formula is C19H32N6O2. The molecule has 0 saturated carbocycles. The Labute approximate surface area is 161 Å². The standard InChI is InChI=1S/C19H32N6O2/c1-4-22(5-2)15-18(26)24-11-9-23(10-12-24)17-7-6-8-25(19(17)27)16-13-20-21(3)14-16/h13-14,17H,4-12,15H2,1-3H3. The van der Waals surface area contributed by atoms with Crippen LogP contribution in [0.25, 0.3) is 0 Å². The van der Waals surface area contributed by atoms with E-state index in [2.05, 4.69) is 28.7 Å². The molecule has 1 atom stereocenters. The topological polar surface area (TPSA) is 64.9 Å². The summed E-state index contributed by atoms with van der Waals surface area (Å²) in [5.41, 5.74) is 0.875. The van der Waals surface area contributed by atoms with Crippen LogP contribution in [0.1, 0.15) is 26.7 Å². The van der Waals surface area contributed by atoms with Crippen molar-refractivity contribution < 1.29 is 9.59 Å². The van der Waals surface area contributed by atoms with Gasteiger partial charge in [-0.25, -0.2) is 0 Å². The molecule has 2 aliphatic rings. The Morgan fingerprint density at radius 1 is 1.19 bits per heavy atom. The molecule has 0 spiro atoms. The summed E-state index contributed by atoms with van der Waals surface area (Å²) < 4.78 is 1.73. The number of nitrogens with zero attached hydrogens (tertiary/aromatic N) is 6. The van der Waals surface area contributed by atoms with Gasteiger partial charge in [0.2, 0.25) is 11.8 Å². The highest BCUT2D eigenvalue weighted by molar-refractivity contribution is 5.97. The van der Waals surface area contributed by atoms with Crippen LogP contribution in [-0.2, 0) is 16.6 Å². The number of aromatic nitrogens is 2. The first-order chi connectivity index (χ1) is 13.0. The van der Waals surface area contributed by atoms with Crippen molar-refractivity contribution in [2.75, 3.05) is 57.3 Å². The lowest BCUT2D eigenvalue weighted by molar-refractivity contribution is -0.135. The number of carbonyl (C=O) groups is 2. The molecule has 27 heavy (non-hydrogen) atoms. The number of aryl methyl sites for hydroxylation is 1. The van der Waals surface area contributed by atoms with Crippen LogP contribution in [-0.4, -0.2) is 94.7 Å². The number of amides is 2. The van der Waals surface area contributed by atoms with Crippen LogP contribution in [0.4, 0.5) is 5.69 Å². The highest BCUT2D eigenvalue weighted by Crippen LogP contribution is 2.24. The van der Waals surface area contributed by atoms with E-state index < -0.39 is 0 Å². The van der Waals surface area contributed by atoms with Gasteiger partial charge in [-0.1, -0.05) is 13.8 Å². The zero-order chi connectivity index (χ0) is 19.4. The fourth-order valence-electron chi connectivity index (χ4n) is 4.02. The van der Waals surface area contributed by atoms with Gasteiger partial charge in [-0.05, 0) is 25.9 Å². The van der Waals surface area contributed by atoms with Crippen LogP contribution < -0.4 is 4.90 Å². The molecule has 8 heteroatoms. The monoisotopic (exact) mass is 376 g/mol. The fraction of sp³-hybridized carbons (Fsp3) is 0.737. The second-order valence-corrected chi connectivity index (χ2v) is 7.40. The summed E-state index contributed by atoms with van der Waals surface area (Å²) >= 11 is 0. The summed E-state index contributed by atoms with van der Waals surface area (Å²) in [6, 6.07) is -0.0843. The van der Waals surface area contributed by atoms with Crippen molar-refractivity contribution in [1.29, 1.82) is 0 Å². The molecule has 8 nitrogen and oxygen atoms in total. The lowest BCUT2D eigenvalue weighted by Gasteiger charge is -2.42. The molecule has 1 unspecified atom stereocenters. The van der Waals surface area contributed by atoms with E-state index in [0.29, 0.717) is 19.6 Å². The van der Waals surface area contributed by atoms with Gasteiger partial charge < -0.3 is 9.80 Å². The van der Waals surface area contributed by atoms with Gasteiger partial charge in [-0.2, -0.15) is 5.10 Å². The Bertz CT molecular complexity index is 648. The molecule has 1 aromatic heterocycles. The highest BCUT2D eigenvalue weighted by atomic mass is 16.2. The molecule has 0 radical (unpaired) electrons. The number of hydrogen-bond donors (Lipinski definition) is 0. The average molecular weight is 377 g/mol. The number of likely N-dealkylation sites (N-methyl/N-ethyl adjacent to an activating group) is 1. The minimum absolute atomic E-state index is 0.0843. The van der Waals surface area contributed by atoms with Crippen LogP contribution >= 0.6 is 0 Å². The molecular weight excluding hydrogens is 344 g/mol. The first kappa shape index (κ1) is 19.8. The number of hydrogen-bond acceptors (Lipinski definition) is 5. The molecule has 0 aliphatic carbocycles. The van der Waals surface area contributed by atoms with Gasteiger partial charge in [0.1, 0.15) is 0 Å². The predicted octanol–water partition coefficient (Wildman–Crippen LogP) is 0.402. The van der Waals surface area contributed by atoms with E-state index in [1.807, 2.05) is 23.0 Å². The fourth-order valence-corrected chi connectivity index (χ4v) is 4.02. The van der Waals surface area contributed by atoms with E-state index in [1.54, 1.807) is 10.9 Å². The molecule has 2 fully saturated rings. The highest BCUT2D eigenvalue weighted by Gasteiger charge is 2.36. The summed E-state index contributed by atoms with van der Waals surface area (Å²) in [4.78, 5) is 33.7. The Balaban J connectivity index is 1.55. The van der Waals surface area contributed by atoms with Crippen LogP contribution in [0.3, 0.4) is 0 Å². The maximum Gasteiger partial charge on any atom is 0.244 e. The summed E-state index contributed by atoms with van der Waals surface area (Å²) in [6.45, 7) is 10.1. The first-order valence-corrected chi connectivity index (χ1v) is 10.1. The third-order valence-electron chi connectivity index (χ3n) is 5.77. The number of piperazine rings is 1. The molecule has 150 valence electrons. The van der Waals surface area contributed by atoms with Crippen LogP contribution in [0.15, 0.2) is 12.4 Å². The number of rotatable bonds is 6. The summed E-state index contributed by atoms with van der Waals surface area (Å²) in [7, 11) is 1.86. The number of piperidine rings is 1. The Morgan fingerprint density at radius 2 is 1.89 bits per heavy atom. The van der Waals surface area contributed by atoms with E-state index in [4.69, 9.17) is 0 Å². The average Bonchev–Trinajstić information content (AvgIpc) is 3.12. The van der Waals surface area contributed by atoms with Gasteiger partial charge in [-0.3, -0.25) is 24.1 Å². The molecule has 2 saturated heterocycles. The van der Waals surface area contributed by atoms with Gasteiger partial charge in [0, 0.05) is 46.0 Å². The largest absolute Gasteiger partial charge is 0.339 e. The molecule has 2 aliphatic heterocycles. The van der Waals surface area contributed by atoms with Crippen molar-refractivity contribution in [3.8, 4) is 0 Å². The molecule has 0 aromatic carbocycles. The SMILES string of the molecule is CCN(CC)CC(=O)N1CCN(C2CCCN(c3cnn(C)c3)C2=O)CC1. The van der Waals surface area contributed by atoms with Crippen molar-refractivity contribution >= 4 is 17.5 Å². The second kappa shape index (κ2) is 8.84. The molecule has 3 heterocycles. The quantitative estimate of drug-likeness (QED) is 0.719. The third-order valence-corrected chi connectivity index (χ3v) is 5.77. The Kier molecular flexibility index (Phi) is 6.49. The second-order valence-electron chi connectivity index (χ2n) is 7.40. The zero-order valence-electron chi connectivity index (χ0n) is 16.8. The lowest BCUT2D eigenvalue weighted by Crippen LogP contribution is -2.59. The molecule has 2 amide bonds. The molecule has 0 bridgehead atoms. The van der Waals surface area contributed by atoms with Crippen molar-refractivity contribution in [2.24, 2.45) is 7.05 Å². The summed E-state index contributed by atoms with van der Waals surface area (Å²) in [5.74, 6) is 0.363. The minimum Gasteiger partial charge on any atom is -0.339 e. The first-order valence-electron chi connectivity index (χ1n) is 10.1. The van der Waals surface area contributed by atoms with Gasteiger partial charge >= 0.3 is 0 Å². The van der Waals surface area contributed by atoms with Gasteiger partial charge in [0.25, 0.3) is 0 Å². The van der Waals surface area contributed by atoms with Crippen molar-refractivity contribution in [1.82, 2.24) is 24.5 Å². The molecule has 0 N–H and O–H groups in total. The van der Waals surface area contributed by atoms with Crippen molar-refractivity contribution in [3.63, 3.8) is 0 Å². The van der Waals surface area contributed by atoms with E-state index in [-0.39, 0.29) is 17.9 Å². The maximum absolute atomic E-state index is 13.0. The predicted molar refractivity (Wildman–Crippen MR) is 105 cm³/mol. The van der Waals surface area contributed by atoms with E-state index in [0.717, 1.165) is 51.3 Å². The maximum atomic E-state index is 13.0. The summed E-state index contributed by atoms with van der Waals surface area (Å²) in [6.07, 6.45) is 5.53. The zero-order valence-corrected chi connectivity index (χ0v) is 16.8. The van der Waals surface area contributed by atoms with Crippen LogP contribution in [0.5, 0.6) is 0 Å². The van der Waals surface area contributed by atoms with Crippen molar-refractivity contribution in [3.05, 3.63) is 12.4 Å². The van der Waals surface area contributed by atoms with Gasteiger partial charge in [-0.15, -0.1) is 0 Å². The molecule has 1 aromatic rings. The number of carbonyl (C=O) groups excluding carboxylic acids is 2. The van der Waals surface area contributed by atoms with Crippen LogP contribution in [0, 0.1) is 0 Å². The van der Waals surface area contributed by atoms with E-state index in [9.17, 15) is 9.59 Å².